The van der Waals surface area contributed by atoms with Gasteiger partial charge in [-0.3, -0.25) is 19.7 Å². The lowest BCUT2D eigenvalue weighted by Gasteiger charge is -2.20. The molecule has 1 aliphatic heterocycles. The average Bonchev–Trinajstić information content (AvgIpc) is 2.54. The molecule has 1 aliphatic rings. The van der Waals surface area contributed by atoms with Crippen molar-refractivity contribution in [3.05, 3.63) is 46.0 Å². The van der Waals surface area contributed by atoms with Gasteiger partial charge in [0.1, 0.15) is 5.84 Å². The van der Waals surface area contributed by atoms with Crippen LogP contribution in [0.3, 0.4) is 0 Å². The molecular weight excluding hydrogens is 312 g/mol. The number of nitrogens with zero attached hydrogens (tertiary/aromatic N) is 3. The zero-order valence-corrected chi connectivity index (χ0v) is 13.4. The van der Waals surface area contributed by atoms with Gasteiger partial charge in [-0.05, 0) is 37.6 Å². The van der Waals surface area contributed by atoms with Gasteiger partial charge in [-0.15, -0.1) is 0 Å². The number of amidine groups is 1. The fourth-order valence-corrected chi connectivity index (χ4v) is 2.34. The molecule has 0 fully saturated rings. The van der Waals surface area contributed by atoms with Crippen molar-refractivity contribution in [1.82, 2.24) is 5.32 Å². The summed E-state index contributed by atoms with van der Waals surface area (Å²) in [5.74, 6) is -2.05. The molecule has 0 bridgehead atoms. The second-order valence-corrected chi connectivity index (χ2v) is 5.11. The van der Waals surface area contributed by atoms with Crippen LogP contribution in [0, 0.1) is 10.1 Å². The molecule has 0 spiro atoms. The summed E-state index contributed by atoms with van der Waals surface area (Å²) in [4.78, 5) is 38.5. The predicted octanol–water partition coefficient (Wildman–Crippen LogP) is 1.25. The number of rotatable bonds is 6. The number of amides is 2. The van der Waals surface area contributed by atoms with Crippen LogP contribution in [0.1, 0.15) is 19.4 Å². The van der Waals surface area contributed by atoms with Crippen LogP contribution in [0.5, 0.6) is 0 Å². The molecule has 1 aromatic rings. The highest BCUT2D eigenvalue weighted by Crippen LogP contribution is 2.15. The zero-order chi connectivity index (χ0) is 17.7. The van der Waals surface area contributed by atoms with E-state index in [2.05, 4.69) is 29.1 Å². The van der Waals surface area contributed by atoms with Crippen molar-refractivity contribution < 1.29 is 14.5 Å². The van der Waals surface area contributed by atoms with Crippen LogP contribution >= 0.6 is 0 Å². The highest BCUT2D eigenvalue weighted by atomic mass is 16.6. The van der Waals surface area contributed by atoms with Crippen molar-refractivity contribution >= 4 is 29.4 Å². The highest BCUT2D eigenvalue weighted by molar-refractivity contribution is 6.21. The van der Waals surface area contributed by atoms with E-state index in [1.165, 1.54) is 6.08 Å². The van der Waals surface area contributed by atoms with Crippen molar-refractivity contribution in [3.63, 3.8) is 0 Å². The molecule has 2 amide bonds. The summed E-state index contributed by atoms with van der Waals surface area (Å²) in [5, 5.41) is 12.9. The monoisotopic (exact) mass is 330 g/mol. The molecule has 1 aromatic carbocycles. The Bertz CT molecular complexity index is 705. The molecule has 1 atom stereocenters. The van der Waals surface area contributed by atoms with Gasteiger partial charge in [-0.2, -0.15) is 4.99 Å². The van der Waals surface area contributed by atoms with E-state index < -0.39 is 22.8 Å². The molecule has 2 rings (SSSR count). The Labute approximate surface area is 139 Å². The molecule has 8 nitrogen and oxygen atoms in total. The summed E-state index contributed by atoms with van der Waals surface area (Å²) < 4.78 is 0. The van der Waals surface area contributed by atoms with Gasteiger partial charge in [0.15, 0.2) is 0 Å². The molecule has 24 heavy (non-hydrogen) atoms. The maximum absolute atomic E-state index is 11.6. The lowest BCUT2D eigenvalue weighted by molar-refractivity contribution is -0.493. The van der Waals surface area contributed by atoms with Gasteiger partial charge in [0.25, 0.3) is 0 Å². The highest BCUT2D eigenvalue weighted by Gasteiger charge is 2.41. The number of anilines is 1. The first-order valence-electron chi connectivity index (χ1n) is 7.56. The molecule has 8 heteroatoms. The van der Waals surface area contributed by atoms with E-state index in [1.807, 2.05) is 24.3 Å². The minimum absolute atomic E-state index is 0.00378. The van der Waals surface area contributed by atoms with Crippen LogP contribution in [0.4, 0.5) is 5.69 Å². The van der Waals surface area contributed by atoms with Crippen LogP contribution in [0.15, 0.2) is 35.3 Å². The zero-order valence-electron chi connectivity index (χ0n) is 13.4. The van der Waals surface area contributed by atoms with Crippen LogP contribution in [0.2, 0.25) is 0 Å². The van der Waals surface area contributed by atoms with Crippen molar-refractivity contribution in [2.75, 3.05) is 18.0 Å². The molecule has 1 N–H and O–H groups in total. The average molecular weight is 330 g/mol. The first-order chi connectivity index (χ1) is 11.5. The molecule has 0 saturated heterocycles. The number of nitro groups is 1. The Balaban J connectivity index is 2.11. The Morgan fingerprint density at radius 3 is 2.33 bits per heavy atom. The molecular formula is C16H18N4O4. The summed E-state index contributed by atoms with van der Waals surface area (Å²) in [6, 6.07) is 5.79. The summed E-state index contributed by atoms with van der Waals surface area (Å²) in [6.07, 6.45) is 3.11. The Morgan fingerprint density at radius 1 is 1.21 bits per heavy atom. The predicted molar refractivity (Wildman–Crippen MR) is 90.4 cm³/mol. The Morgan fingerprint density at radius 2 is 1.83 bits per heavy atom. The Kier molecular flexibility index (Phi) is 5.41. The quantitative estimate of drug-likeness (QED) is 0.480. The van der Waals surface area contributed by atoms with Gasteiger partial charge in [0.2, 0.25) is 0 Å². The Hall–Kier alpha value is -3.03. The largest absolute Gasteiger partial charge is 0.372 e. The third-order valence-corrected chi connectivity index (χ3v) is 3.63. The number of benzene rings is 1. The van der Waals surface area contributed by atoms with Crippen molar-refractivity contribution in [2.45, 2.75) is 19.9 Å². The lowest BCUT2D eigenvalue weighted by Crippen LogP contribution is -2.50. The van der Waals surface area contributed by atoms with Gasteiger partial charge in [0, 0.05) is 23.7 Å². The summed E-state index contributed by atoms with van der Waals surface area (Å²) in [7, 11) is 0. The normalized spacial score (nSPS) is 17.6. The SMILES string of the molecule is CCN(CC)c1ccc(/C=C/C2=NC(=O)C([N+](=O)[O-])C(=O)N2)cc1. The lowest BCUT2D eigenvalue weighted by atomic mass is 10.1. The van der Waals surface area contributed by atoms with Crippen LogP contribution in [0.25, 0.3) is 6.08 Å². The van der Waals surface area contributed by atoms with Gasteiger partial charge < -0.3 is 10.2 Å². The number of carbonyl (C=O) groups excluding carboxylic acids is 2. The number of hydrogen-bond donors (Lipinski definition) is 1. The third kappa shape index (κ3) is 3.83. The number of nitrogens with one attached hydrogen (secondary N) is 1. The third-order valence-electron chi connectivity index (χ3n) is 3.63. The first-order valence-corrected chi connectivity index (χ1v) is 7.56. The van der Waals surface area contributed by atoms with E-state index in [0.717, 1.165) is 24.3 Å². The topological polar surface area (TPSA) is 105 Å². The minimum Gasteiger partial charge on any atom is -0.372 e. The van der Waals surface area contributed by atoms with Crippen molar-refractivity contribution in [2.24, 2.45) is 4.99 Å². The van der Waals surface area contributed by atoms with E-state index in [0.29, 0.717) is 0 Å². The summed E-state index contributed by atoms with van der Waals surface area (Å²) in [6.45, 7) is 5.98. The second kappa shape index (κ2) is 7.49. The molecule has 126 valence electrons. The second-order valence-electron chi connectivity index (χ2n) is 5.11. The standard InChI is InChI=1S/C16H18N4O4/c1-3-19(4-2)12-8-5-11(6-9-12)7-10-13-17-15(21)14(20(23)24)16(22)18-13/h5-10,14H,3-4H2,1-2H3,(H,17,18,21,22)/b10-7+. The fraction of sp³-hybridized carbons (Fsp3) is 0.312. The van der Waals surface area contributed by atoms with Gasteiger partial charge in [-0.25, -0.2) is 0 Å². The molecule has 0 aliphatic carbocycles. The van der Waals surface area contributed by atoms with E-state index in [-0.39, 0.29) is 5.84 Å². The molecule has 0 radical (unpaired) electrons. The molecule has 1 heterocycles. The minimum atomic E-state index is -1.96. The van der Waals surface area contributed by atoms with Crippen molar-refractivity contribution in [1.29, 1.82) is 0 Å². The summed E-state index contributed by atoms with van der Waals surface area (Å²) in [5.41, 5.74) is 1.95. The van der Waals surface area contributed by atoms with E-state index in [1.54, 1.807) is 6.08 Å². The smallest absolute Gasteiger partial charge is 0.368 e. The van der Waals surface area contributed by atoms with Crippen molar-refractivity contribution in [3.8, 4) is 0 Å². The van der Waals surface area contributed by atoms with E-state index in [9.17, 15) is 19.7 Å². The molecule has 1 unspecified atom stereocenters. The number of carbonyl (C=O) groups is 2. The molecule has 0 aromatic heterocycles. The number of aliphatic imine (C=N–C) groups is 1. The van der Waals surface area contributed by atoms with Gasteiger partial charge in [-0.1, -0.05) is 18.2 Å². The fourth-order valence-electron chi connectivity index (χ4n) is 2.34. The number of hydrogen-bond acceptors (Lipinski definition) is 5. The maximum Gasteiger partial charge on any atom is 0.368 e. The van der Waals surface area contributed by atoms with E-state index in [4.69, 9.17) is 0 Å². The first kappa shape index (κ1) is 17.3. The van der Waals surface area contributed by atoms with Gasteiger partial charge in [0.05, 0.1) is 0 Å². The maximum atomic E-state index is 11.6. The van der Waals surface area contributed by atoms with Crippen LogP contribution in [-0.2, 0) is 9.59 Å². The van der Waals surface area contributed by atoms with Crippen LogP contribution < -0.4 is 10.2 Å². The van der Waals surface area contributed by atoms with E-state index >= 15 is 0 Å². The van der Waals surface area contributed by atoms with Gasteiger partial charge >= 0.3 is 17.9 Å². The van der Waals surface area contributed by atoms with Crippen LogP contribution in [-0.4, -0.2) is 41.7 Å². The summed E-state index contributed by atoms with van der Waals surface area (Å²) >= 11 is 0. The molecule has 0 saturated carbocycles.